The van der Waals surface area contributed by atoms with Crippen LogP contribution in [0, 0.1) is 13.8 Å². The van der Waals surface area contributed by atoms with Crippen LogP contribution in [0.1, 0.15) is 28.8 Å². The molecule has 1 aromatic heterocycles. The van der Waals surface area contributed by atoms with Crippen LogP contribution < -0.4 is 4.72 Å². The molecule has 0 aliphatic heterocycles. The molecular weight excluding hydrogens is 332 g/mol. The summed E-state index contributed by atoms with van der Waals surface area (Å²) in [7, 11) is -3.50. The molecule has 4 nitrogen and oxygen atoms in total. The van der Waals surface area contributed by atoms with Crippen molar-refractivity contribution in [3.05, 3.63) is 64.8 Å². The highest BCUT2D eigenvalue weighted by molar-refractivity contribution is 7.89. The molecule has 1 aliphatic rings. The Morgan fingerprint density at radius 1 is 1.08 bits per heavy atom. The number of rotatable bonds is 3. The average molecular weight is 354 g/mol. The molecule has 1 atom stereocenters. The lowest BCUT2D eigenvalue weighted by Gasteiger charge is -2.23. The van der Waals surface area contributed by atoms with Crippen LogP contribution >= 0.6 is 0 Å². The minimum Gasteiger partial charge on any atom is -0.358 e. The van der Waals surface area contributed by atoms with E-state index in [0.717, 1.165) is 35.9 Å². The minimum absolute atomic E-state index is 0.0710. The van der Waals surface area contributed by atoms with E-state index in [1.807, 2.05) is 32.0 Å². The molecule has 0 spiro atoms. The second-order valence-corrected chi connectivity index (χ2v) is 8.65. The van der Waals surface area contributed by atoms with Crippen molar-refractivity contribution in [3.8, 4) is 0 Å². The normalized spacial score (nSPS) is 17.6. The van der Waals surface area contributed by atoms with Gasteiger partial charge in [-0.3, -0.25) is 0 Å². The van der Waals surface area contributed by atoms with Gasteiger partial charge in [0.2, 0.25) is 10.0 Å². The summed E-state index contributed by atoms with van der Waals surface area (Å²) in [5.74, 6) is 0. The minimum atomic E-state index is -3.50. The SMILES string of the molecule is Cc1ccc(S(=O)(=O)NC2CCc3[nH]c4ccccc4c3C2)cc1C. The van der Waals surface area contributed by atoms with Crippen LogP contribution in [0.5, 0.6) is 0 Å². The molecule has 0 radical (unpaired) electrons. The number of aromatic amines is 1. The van der Waals surface area contributed by atoms with E-state index in [9.17, 15) is 8.42 Å². The predicted octanol–water partition coefficient (Wildman–Crippen LogP) is 3.62. The number of aryl methyl sites for hydroxylation is 3. The van der Waals surface area contributed by atoms with Crippen molar-refractivity contribution in [2.24, 2.45) is 0 Å². The summed E-state index contributed by atoms with van der Waals surface area (Å²) in [6.45, 7) is 3.92. The van der Waals surface area contributed by atoms with E-state index in [0.29, 0.717) is 4.90 Å². The predicted molar refractivity (Wildman–Crippen MR) is 100 cm³/mol. The van der Waals surface area contributed by atoms with Crippen LogP contribution in [0.25, 0.3) is 10.9 Å². The van der Waals surface area contributed by atoms with Crippen molar-refractivity contribution in [2.45, 2.75) is 44.0 Å². The van der Waals surface area contributed by atoms with Gasteiger partial charge < -0.3 is 4.98 Å². The Kier molecular flexibility index (Phi) is 3.93. The smallest absolute Gasteiger partial charge is 0.240 e. The van der Waals surface area contributed by atoms with Crippen LogP contribution in [0.3, 0.4) is 0 Å². The molecule has 0 bridgehead atoms. The molecule has 0 saturated carbocycles. The molecule has 130 valence electrons. The Morgan fingerprint density at radius 2 is 1.88 bits per heavy atom. The number of sulfonamides is 1. The fourth-order valence-corrected chi connectivity index (χ4v) is 4.99. The fourth-order valence-electron chi connectivity index (χ4n) is 3.64. The quantitative estimate of drug-likeness (QED) is 0.755. The van der Waals surface area contributed by atoms with Crippen molar-refractivity contribution < 1.29 is 8.42 Å². The van der Waals surface area contributed by atoms with Crippen molar-refractivity contribution in [2.75, 3.05) is 0 Å². The molecular formula is C20H22N2O2S. The maximum absolute atomic E-state index is 12.8. The molecule has 25 heavy (non-hydrogen) atoms. The van der Waals surface area contributed by atoms with Crippen LogP contribution in [-0.4, -0.2) is 19.4 Å². The lowest BCUT2D eigenvalue weighted by molar-refractivity contribution is 0.506. The number of hydrogen-bond donors (Lipinski definition) is 2. The van der Waals surface area contributed by atoms with Gasteiger partial charge in [0.15, 0.2) is 0 Å². The third-order valence-corrected chi connectivity index (χ3v) is 6.72. The highest BCUT2D eigenvalue weighted by atomic mass is 32.2. The van der Waals surface area contributed by atoms with Crippen LogP contribution in [-0.2, 0) is 22.9 Å². The van der Waals surface area contributed by atoms with Crippen molar-refractivity contribution in [1.82, 2.24) is 9.71 Å². The zero-order valence-corrected chi connectivity index (χ0v) is 15.3. The van der Waals surface area contributed by atoms with Gasteiger partial charge in [-0.25, -0.2) is 13.1 Å². The fraction of sp³-hybridized carbons (Fsp3) is 0.300. The van der Waals surface area contributed by atoms with Gasteiger partial charge in [0, 0.05) is 22.6 Å². The van der Waals surface area contributed by atoms with Gasteiger partial charge in [0.25, 0.3) is 0 Å². The second-order valence-electron chi connectivity index (χ2n) is 6.93. The van der Waals surface area contributed by atoms with E-state index in [1.165, 1.54) is 16.6 Å². The van der Waals surface area contributed by atoms with Gasteiger partial charge in [-0.2, -0.15) is 0 Å². The maximum atomic E-state index is 12.8. The summed E-state index contributed by atoms with van der Waals surface area (Å²) in [6.07, 6.45) is 2.40. The Balaban J connectivity index is 1.60. The molecule has 5 heteroatoms. The molecule has 1 heterocycles. The molecule has 4 rings (SSSR count). The van der Waals surface area contributed by atoms with Gasteiger partial charge in [0.05, 0.1) is 4.90 Å². The molecule has 0 fully saturated rings. The number of para-hydroxylation sites is 1. The summed E-state index contributed by atoms with van der Waals surface area (Å²) in [5, 5.41) is 1.20. The summed E-state index contributed by atoms with van der Waals surface area (Å²) in [6, 6.07) is 13.4. The van der Waals surface area contributed by atoms with Crippen molar-refractivity contribution >= 4 is 20.9 Å². The van der Waals surface area contributed by atoms with E-state index in [-0.39, 0.29) is 6.04 Å². The monoisotopic (exact) mass is 354 g/mol. The number of fused-ring (bicyclic) bond motifs is 3. The zero-order chi connectivity index (χ0) is 17.6. The van der Waals surface area contributed by atoms with Crippen molar-refractivity contribution in [1.29, 1.82) is 0 Å². The number of nitrogens with one attached hydrogen (secondary N) is 2. The van der Waals surface area contributed by atoms with Gasteiger partial charge >= 0.3 is 0 Å². The Hall–Kier alpha value is -2.11. The molecule has 3 aromatic rings. The summed E-state index contributed by atoms with van der Waals surface area (Å²) in [4.78, 5) is 3.82. The standard InChI is InChI=1S/C20H22N2O2S/c1-13-7-9-16(11-14(13)2)25(23,24)22-15-8-10-20-18(12-15)17-5-3-4-6-19(17)21-20/h3-7,9,11,15,21-22H,8,10,12H2,1-2H3. The van der Waals surface area contributed by atoms with E-state index in [2.05, 4.69) is 21.8 Å². The largest absolute Gasteiger partial charge is 0.358 e. The van der Waals surface area contributed by atoms with Gasteiger partial charge in [-0.15, -0.1) is 0 Å². The first-order chi connectivity index (χ1) is 11.9. The van der Waals surface area contributed by atoms with Gasteiger partial charge in [-0.1, -0.05) is 24.3 Å². The van der Waals surface area contributed by atoms with Crippen LogP contribution in [0.2, 0.25) is 0 Å². The van der Waals surface area contributed by atoms with Crippen LogP contribution in [0.15, 0.2) is 47.4 Å². The molecule has 1 unspecified atom stereocenters. The second kappa shape index (κ2) is 6.00. The first-order valence-electron chi connectivity index (χ1n) is 8.62. The van der Waals surface area contributed by atoms with E-state index in [1.54, 1.807) is 12.1 Å². The van der Waals surface area contributed by atoms with E-state index >= 15 is 0 Å². The van der Waals surface area contributed by atoms with Gasteiger partial charge in [0.1, 0.15) is 0 Å². The average Bonchev–Trinajstić information content (AvgIpc) is 2.95. The van der Waals surface area contributed by atoms with E-state index < -0.39 is 10.0 Å². The number of benzene rings is 2. The number of hydrogen-bond acceptors (Lipinski definition) is 2. The molecule has 2 N–H and O–H groups in total. The number of aromatic nitrogens is 1. The summed E-state index contributed by atoms with van der Waals surface area (Å²) >= 11 is 0. The summed E-state index contributed by atoms with van der Waals surface area (Å²) < 4.78 is 28.4. The Morgan fingerprint density at radius 3 is 2.68 bits per heavy atom. The zero-order valence-electron chi connectivity index (χ0n) is 14.5. The third-order valence-electron chi connectivity index (χ3n) is 5.21. The lowest BCUT2D eigenvalue weighted by atomic mass is 9.92. The van der Waals surface area contributed by atoms with E-state index in [4.69, 9.17) is 0 Å². The Bertz CT molecular complexity index is 1050. The molecule has 2 aromatic carbocycles. The summed E-state index contributed by atoms with van der Waals surface area (Å²) in [5.41, 5.74) is 5.70. The maximum Gasteiger partial charge on any atom is 0.240 e. The first-order valence-corrected chi connectivity index (χ1v) is 10.1. The van der Waals surface area contributed by atoms with Gasteiger partial charge in [-0.05, 0) is 68.0 Å². The Labute approximate surface area is 148 Å². The highest BCUT2D eigenvalue weighted by Crippen LogP contribution is 2.29. The third kappa shape index (κ3) is 2.98. The lowest BCUT2D eigenvalue weighted by Crippen LogP contribution is -2.38. The molecule has 0 amide bonds. The number of H-pyrrole nitrogens is 1. The highest BCUT2D eigenvalue weighted by Gasteiger charge is 2.26. The van der Waals surface area contributed by atoms with Crippen LogP contribution in [0.4, 0.5) is 0 Å². The first kappa shape index (κ1) is 16.4. The van der Waals surface area contributed by atoms with Crippen molar-refractivity contribution in [3.63, 3.8) is 0 Å². The molecule has 0 saturated heterocycles. The topological polar surface area (TPSA) is 62.0 Å². The molecule has 1 aliphatic carbocycles.